The molecule has 0 saturated heterocycles. The summed E-state index contributed by atoms with van der Waals surface area (Å²) in [5.74, 6) is 0.260. The van der Waals surface area contributed by atoms with E-state index in [1.54, 1.807) is 18.5 Å². The second-order valence-electron chi connectivity index (χ2n) is 5.64. The van der Waals surface area contributed by atoms with E-state index in [0.29, 0.717) is 24.6 Å². The Bertz CT molecular complexity index is 973. The molecule has 2 heterocycles. The molecule has 0 aliphatic carbocycles. The molecule has 2 aromatic heterocycles. The minimum absolute atomic E-state index is 0.0716. The standard InChI is InChI=1S/C18H16N4O6/c1-26-15-7-6-12(10-14(15)22(24)25)18(23)27-9-3-5-16-20-17(21-28-16)13-4-2-8-19-11-13/h2,4,6-8,10-11H,3,5,9H2,1H3. The number of esters is 1. The Morgan fingerprint density at radius 3 is 2.89 bits per heavy atom. The summed E-state index contributed by atoms with van der Waals surface area (Å²) in [5, 5.41) is 14.9. The number of rotatable bonds is 8. The van der Waals surface area contributed by atoms with E-state index in [0.717, 1.165) is 11.6 Å². The zero-order valence-corrected chi connectivity index (χ0v) is 14.9. The van der Waals surface area contributed by atoms with Crippen LogP contribution in [0.4, 0.5) is 5.69 Å². The molecule has 28 heavy (non-hydrogen) atoms. The number of benzene rings is 1. The molecule has 0 fully saturated rings. The Morgan fingerprint density at radius 2 is 2.18 bits per heavy atom. The maximum Gasteiger partial charge on any atom is 0.338 e. The Kier molecular flexibility index (Phi) is 5.90. The lowest BCUT2D eigenvalue weighted by molar-refractivity contribution is -0.385. The van der Waals surface area contributed by atoms with Crippen LogP contribution >= 0.6 is 0 Å². The summed E-state index contributed by atoms with van der Waals surface area (Å²) in [6.07, 6.45) is 4.16. The van der Waals surface area contributed by atoms with Gasteiger partial charge in [0, 0.05) is 30.4 Å². The maximum atomic E-state index is 12.1. The van der Waals surface area contributed by atoms with Gasteiger partial charge in [-0.2, -0.15) is 4.98 Å². The Hall–Kier alpha value is -3.82. The van der Waals surface area contributed by atoms with Gasteiger partial charge in [-0.05, 0) is 30.7 Å². The average Bonchev–Trinajstić information content (AvgIpc) is 3.20. The third-order valence-electron chi connectivity index (χ3n) is 3.77. The number of hydrogen-bond donors (Lipinski definition) is 0. The van der Waals surface area contributed by atoms with Crippen molar-refractivity contribution < 1.29 is 23.7 Å². The van der Waals surface area contributed by atoms with Gasteiger partial charge in [-0.25, -0.2) is 4.79 Å². The van der Waals surface area contributed by atoms with Crippen molar-refractivity contribution in [3.05, 3.63) is 64.3 Å². The van der Waals surface area contributed by atoms with Crippen LogP contribution in [0.25, 0.3) is 11.4 Å². The number of ether oxygens (including phenoxy) is 2. The molecular weight excluding hydrogens is 368 g/mol. The van der Waals surface area contributed by atoms with Gasteiger partial charge in [0.1, 0.15) is 0 Å². The van der Waals surface area contributed by atoms with Crippen molar-refractivity contribution in [1.29, 1.82) is 0 Å². The first-order chi connectivity index (χ1) is 13.6. The number of aromatic nitrogens is 3. The van der Waals surface area contributed by atoms with Crippen LogP contribution in [0.5, 0.6) is 5.75 Å². The zero-order chi connectivity index (χ0) is 19.9. The van der Waals surface area contributed by atoms with Gasteiger partial charge in [-0.3, -0.25) is 15.1 Å². The first kappa shape index (κ1) is 19.0. The number of nitrogens with zero attached hydrogens (tertiary/aromatic N) is 4. The van der Waals surface area contributed by atoms with E-state index in [1.165, 1.54) is 19.2 Å². The minimum atomic E-state index is -0.660. The average molecular weight is 384 g/mol. The lowest BCUT2D eigenvalue weighted by atomic mass is 10.2. The van der Waals surface area contributed by atoms with Gasteiger partial charge in [0.2, 0.25) is 11.7 Å². The lowest BCUT2D eigenvalue weighted by Crippen LogP contribution is -2.08. The monoisotopic (exact) mass is 384 g/mol. The van der Waals surface area contributed by atoms with E-state index in [1.807, 2.05) is 6.07 Å². The molecular formula is C18H16N4O6. The van der Waals surface area contributed by atoms with Gasteiger partial charge in [-0.1, -0.05) is 5.16 Å². The number of hydrogen-bond acceptors (Lipinski definition) is 9. The van der Waals surface area contributed by atoms with Crippen molar-refractivity contribution in [2.45, 2.75) is 12.8 Å². The number of nitro benzene ring substituents is 1. The van der Waals surface area contributed by atoms with Crippen LogP contribution in [0.2, 0.25) is 0 Å². The molecule has 3 aromatic rings. The molecule has 0 spiro atoms. The van der Waals surface area contributed by atoms with Crippen LogP contribution in [0.15, 0.2) is 47.2 Å². The van der Waals surface area contributed by atoms with E-state index in [-0.39, 0.29) is 23.6 Å². The number of nitro groups is 1. The van der Waals surface area contributed by atoms with E-state index in [4.69, 9.17) is 14.0 Å². The number of carbonyl (C=O) groups is 1. The first-order valence-electron chi connectivity index (χ1n) is 8.31. The minimum Gasteiger partial charge on any atom is -0.490 e. The van der Waals surface area contributed by atoms with Gasteiger partial charge in [0.05, 0.1) is 24.2 Å². The fourth-order valence-electron chi connectivity index (χ4n) is 2.40. The van der Waals surface area contributed by atoms with Crippen molar-refractivity contribution >= 4 is 11.7 Å². The number of pyridine rings is 1. The normalized spacial score (nSPS) is 10.5. The highest BCUT2D eigenvalue weighted by atomic mass is 16.6. The third-order valence-corrected chi connectivity index (χ3v) is 3.77. The van der Waals surface area contributed by atoms with E-state index in [9.17, 15) is 14.9 Å². The fraction of sp³-hybridized carbons (Fsp3) is 0.222. The van der Waals surface area contributed by atoms with E-state index in [2.05, 4.69) is 15.1 Å². The molecule has 0 aliphatic rings. The number of aryl methyl sites for hydroxylation is 1. The summed E-state index contributed by atoms with van der Waals surface area (Å²) in [7, 11) is 1.32. The molecule has 0 bridgehead atoms. The Balaban J connectivity index is 1.52. The van der Waals surface area contributed by atoms with Gasteiger partial charge < -0.3 is 14.0 Å². The van der Waals surface area contributed by atoms with E-state index >= 15 is 0 Å². The topological polar surface area (TPSA) is 130 Å². The number of carbonyl (C=O) groups excluding carboxylic acids is 1. The first-order valence-corrected chi connectivity index (χ1v) is 8.31. The highest BCUT2D eigenvalue weighted by molar-refractivity contribution is 5.90. The molecule has 0 aliphatic heterocycles. The second kappa shape index (κ2) is 8.71. The zero-order valence-electron chi connectivity index (χ0n) is 14.9. The highest BCUT2D eigenvalue weighted by Crippen LogP contribution is 2.27. The van der Waals surface area contributed by atoms with Crippen LogP contribution in [-0.4, -0.2) is 39.7 Å². The summed E-state index contributed by atoms with van der Waals surface area (Å²) >= 11 is 0. The van der Waals surface area contributed by atoms with Crippen LogP contribution in [0.1, 0.15) is 22.7 Å². The molecule has 0 saturated carbocycles. The van der Waals surface area contributed by atoms with Gasteiger partial charge in [0.15, 0.2) is 5.75 Å². The van der Waals surface area contributed by atoms with Crippen molar-refractivity contribution in [3.8, 4) is 17.1 Å². The molecule has 10 nitrogen and oxygen atoms in total. The maximum absolute atomic E-state index is 12.1. The molecule has 0 unspecified atom stereocenters. The van der Waals surface area contributed by atoms with Crippen molar-refractivity contribution in [1.82, 2.24) is 15.1 Å². The van der Waals surface area contributed by atoms with Gasteiger partial charge >= 0.3 is 11.7 Å². The molecule has 0 N–H and O–H groups in total. The van der Waals surface area contributed by atoms with Crippen molar-refractivity contribution in [2.75, 3.05) is 13.7 Å². The molecule has 1 aromatic carbocycles. The molecule has 0 atom stereocenters. The largest absolute Gasteiger partial charge is 0.490 e. The van der Waals surface area contributed by atoms with Gasteiger partial charge in [-0.15, -0.1) is 0 Å². The molecule has 3 rings (SSSR count). The smallest absolute Gasteiger partial charge is 0.338 e. The van der Waals surface area contributed by atoms with E-state index < -0.39 is 10.9 Å². The molecule has 0 amide bonds. The third kappa shape index (κ3) is 4.47. The van der Waals surface area contributed by atoms with Crippen LogP contribution in [-0.2, 0) is 11.2 Å². The van der Waals surface area contributed by atoms with Crippen LogP contribution in [0.3, 0.4) is 0 Å². The molecule has 144 valence electrons. The lowest BCUT2D eigenvalue weighted by Gasteiger charge is -2.06. The number of methoxy groups -OCH3 is 1. The SMILES string of the molecule is COc1ccc(C(=O)OCCCc2nc(-c3cccnc3)no2)cc1[N+](=O)[O-]. The second-order valence-corrected chi connectivity index (χ2v) is 5.64. The van der Waals surface area contributed by atoms with Crippen LogP contribution in [0, 0.1) is 10.1 Å². The Morgan fingerprint density at radius 1 is 1.32 bits per heavy atom. The summed E-state index contributed by atoms with van der Waals surface area (Å²) in [4.78, 5) is 30.7. The highest BCUT2D eigenvalue weighted by Gasteiger charge is 2.19. The fourth-order valence-corrected chi connectivity index (χ4v) is 2.40. The van der Waals surface area contributed by atoms with Crippen LogP contribution < -0.4 is 4.74 Å². The predicted octanol–water partition coefficient (Wildman–Crippen LogP) is 2.84. The molecule has 10 heteroatoms. The predicted molar refractivity (Wildman–Crippen MR) is 95.8 cm³/mol. The summed E-state index contributed by atoms with van der Waals surface area (Å²) in [6, 6.07) is 7.48. The van der Waals surface area contributed by atoms with Crippen molar-refractivity contribution in [2.24, 2.45) is 0 Å². The summed E-state index contributed by atoms with van der Waals surface area (Å²) < 4.78 is 15.2. The molecule has 0 radical (unpaired) electrons. The van der Waals surface area contributed by atoms with Gasteiger partial charge in [0.25, 0.3) is 0 Å². The summed E-state index contributed by atoms with van der Waals surface area (Å²) in [6.45, 7) is 0.100. The Labute approximate surface area is 159 Å². The quantitative estimate of drug-likeness (QED) is 0.249. The summed E-state index contributed by atoms with van der Waals surface area (Å²) in [5.41, 5.74) is 0.514. The van der Waals surface area contributed by atoms with Crippen molar-refractivity contribution in [3.63, 3.8) is 0 Å².